The van der Waals surface area contributed by atoms with Crippen LogP contribution in [-0.4, -0.2) is 16.8 Å². The number of pyridine rings is 1. The summed E-state index contributed by atoms with van der Waals surface area (Å²) in [4.78, 5) is 28.1. The predicted octanol–water partition coefficient (Wildman–Crippen LogP) is 6.78. The molecule has 32 heavy (non-hydrogen) atoms. The van der Waals surface area contributed by atoms with Crippen LogP contribution in [0.15, 0.2) is 60.8 Å². The third kappa shape index (κ3) is 5.98. The monoisotopic (exact) mass is 466 g/mol. The number of hydrogen-bond acceptors (Lipinski definition) is 4. The number of anilines is 2. The lowest BCUT2D eigenvalue weighted by molar-refractivity contribution is -0.137. The van der Waals surface area contributed by atoms with Crippen molar-refractivity contribution in [3.05, 3.63) is 77.1 Å². The van der Waals surface area contributed by atoms with Crippen LogP contribution >= 0.6 is 11.6 Å². The number of rotatable bonds is 6. The van der Waals surface area contributed by atoms with Crippen LogP contribution in [0.3, 0.4) is 0 Å². The maximum Gasteiger partial charge on any atom is 0.417 e. The van der Waals surface area contributed by atoms with Crippen molar-refractivity contribution in [3.8, 4) is 11.5 Å². The van der Waals surface area contributed by atoms with Gasteiger partial charge in [-0.05, 0) is 48.5 Å². The number of carbonyl (C=O) groups excluding carboxylic acids is 2. The average molecular weight is 467 g/mol. The second-order valence-corrected chi connectivity index (χ2v) is 6.78. The minimum absolute atomic E-state index is 0.0514. The molecular formula is C22H17ClF3N3O3. The third-order valence-electron chi connectivity index (χ3n) is 4.06. The number of carbonyl (C=O) groups is 2. The highest BCUT2D eigenvalue weighted by Gasteiger charge is 2.33. The minimum atomic E-state index is -4.67. The molecule has 0 atom stereocenters. The molecule has 2 amide bonds. The number of hydrogen-bond donors (Lipinski definition) is 2. The molecule has 0 aliphatic rings. The lowest BCUT2D eigenvalue weighted by atomic mass is 10.2. The first-order chi connectivity index (χ1) is 16.3. The number of alkyl halides is 3. The zero-order valence-corrected chi connectivity index (χ0v) is 16.9. The van der Waals surface area contributed by atoms with E-state index in [0.29, 0.717) is 11.4 Å². The van der Waals surface area contributed by atoms with Gasteiger partial charge < -0.3 is 15.4 Å². The fraction of sp³-hybridized carbons (Fsp3) is 0.136. The number of urea groups is 1. The first-order valence-corrected chi connectivity index (χ1v) is 9.40. The Morgan fingerprint density at radius 2 is 1.72 bits per heavy atom. The molecular weight excluding hydrogens is 447 g/mol. The van der Waals surface area contributed by atoms with Gasteiger partial charge in [-0.25, -0.2) is 4.79 Å². The molecule has 0 bridgehead atoms. The van der Waals surface area contributed by atoms with Crippen LogP contribution in [0.2, 0.25) is 5.02 Å². The maximum absolute atomic E-state index is 13.0. The average Bonchev–Trinajstić information content (AvgIpc) is 2.75. The molecule has 0 unspecified atom stereocenters. The fourth-order valence-electron chi connectivity index (χ4n) is 2.57. The molecule has 1 heterocycles. The van der Waals surface area contributed by atoms with Gasteiger partial charge in [0.25, 0.3) is 0 Å². The van der Waals surface area contributed by atoms with E-state index in [2.05, 4.69) is 15.6 Å². The number of ether oxygens (including phenoxy) is 1. The van der Waals surface area contributed by atoms with E-state index in [9.17, 15) is 22.8 Å². The van der Waals surface area contributed by atoms with Gasteiger partial charge in [-0.2, -0.15) is 13.2 Å². The molecule has 0 fully saturated rings. The molecule has 0 aliphatic carbocycles. The molecule has 6 nitrogen and oxygen atoms in total. The molecule has 2 aromatic carbocycles. The second-order valence-electron chi connectivity index (χ2n) is 6.37. The molecule has 0 radical (unpaired) electrons. The molecule has 3 rings (SSSR count). The van der Waals surface area contributed by atoms with Crippen LogP contribution in [0.1, 0.15) is 33.4 Å². The summed E-state index contributed by atoms with van der Waals surface area (Å²) in [6.07, 6.45) is -4.01. The van der Waals surface area contributed by atoms with Gasteiger partial charge in [-0.3, -0.25) is 9.78 Å². The summed E-state index contributed by atoms with van der Waals surface area (Å²) in [5.41, 5.74) is -0.897. The first-order valence-electron chi connectivity index (χ1n) is 10.5. The summed E-state index contributed by atoms with van der Waals surface area (Å²) in [5.74, 6) is -0.0662. The van der Waals surface area contributed by atoms with Crippen LogP contribution in [-0.2, 0) is 6.18 Å². The highest BCUT2D eigenvalue weighted by molar-refractivity contribution is 6.31. The van der Waals surface area contributed by atoms with Crippen molar-refractivity contribution in [3.63, 3.8) is 0 Å². The second kappa shape index (κ2) is 9.69. The Bertz CT molecular complexity index is 1240. The van der Waals surface area contributed by atoms with E-state index < -0.39 is 41.8 Å². The third-order valence-corrected chi connectivity index (χ3v) is 4.38. The number of halogens is 4. The summed E-state index contributed by atoms with van der Waals surface area (Å²) in [6.45, 7) is -2.42. The van der Waals surface area contributed by atoms with E-state index >= 15 is 0 Å². The van der Waals surface area contributed by atoms with E-state index in [0.717, 1.165) is 12.1 Å². The number of aromatic nitrogens is 1. The topological polar surface area (TPSA) is 80.3 Å². The normalized spacial score (nSPS) is 12.8. The van der Waals surface area contributed by atoms with E-state index in [4.69, 9.17) is 20.5 Å². The Morgan fingerprint density at radius 1 is 1.03 bits per heavy atom. The smallest absolute Gasteiger partial charge is 0.417 e. The summed E-state index contributed by atoms with van der Waals surface area (Å²) in [5, 5.41) is 4.29. The molecule has 2 N–H and O–H groups in total. The lowest BCUT2D eigenvalue weighted by Gasteiger charge is -2.12. The van der Waals surface area contributed by atoms with Gasteiger partial charge in [0.2, 0.25) is 0 Å². The van der Waals surface area contributed by atoms with Gasteiger partial charge in [0.1, 0.15) is 17.2 Å². The van der Waals surface area contributed by atoms with Crippen LogP contribution in [0, 0.1) is 0 Å². The van der Waals surface area contributed by atoms with Crippen LogP contribution in [0.25, 0.3) is 0 Å². The first kappa shape index (κ1) is 19.1. The predicted molar refractivity (Wildman–Crippen MR) is 114 cm³/mol. The number of Topliss-reactive ketones (excluding diaryl/α,β-unsaturated/α-hetero) is 1. The van der Waals surface area contributed by atoms with Crippen LogP contribution in [0.5, 0.6) is 11.5 Å². The van der Waals surface area contributed by atoms with Crippen molar-refractivity contribution in [2.75, 3.05) is 10.6 Å². The molecule has 0 saturated heterocycles. The molecule has 0 aliphatic heterocycles. The Kier molecular flexibility index (Phi) is 5.79. The van der Waals surface area contributed by atoms with Crippen LogP contribution < -0.4 is 15.4 Å². The highest BCUT2D eigenvalue weighted by atomic mass is 35.5. The Balaban J connectivity index is 1.61. The summed E-state index contributed by atoms with van der Waals surface area (Å²) < 4.78 is 66.1. The zero-order chi connectivity index (χ0) is 25.8. The number of nitrogens with zero attached hydrogens (tertiary/aromatic N) is 1. The molecule has 10 heteroatoms. The minimum Gasteiger partial charge on any atom is -0.457 e. The fourth-order valence-corrected chi connectivity index (χ4v) is 2.80. The van der Waals surface area contributed by atoms with Gasteiger partial charge in [0.05, 0.1) is 10.6 Å². The van der Waals surface area contributed by atoms with Gasteiger partial charge in [0, 0.05) is 34.2 Å². The number of ketones is 1. The summed E-state index contributed by atoms with van der Waals surface area (Å²) >= 11 is 5.57. The van der Waals surface area contributed by atoms with E-state index in [1.807, 2.05) is 0 Å². The lowest BCUT2D eigenvalue weighted by Crippen LogP contribution is -2.19. The highest BCUT2D eigenvalue weighted by Crippen LogP contribution is 2.36. The molecule has 0 spiro atoms. The summed E-state index contributed by atoms with van der Waals surface area (Å²) in [6, 6.07) is 11.0. The number of amides is 2. The van der Waals surface area contributed by atoms with Crippen molar-refractivity contribution in [1.29, 1.82) is 0 Å². The maximum atomic E-state index is 13.0. The molecule has 0 saturated carbocycles. The van der Waals surface area contributed by atoms with Gasteiger partial charge in [0.15, 0.2) is 5.78 Å². The largest absolute Gasteiger partial charge is 0.457 e. The SMILES string of the molecule is [2H]C([2H])([2H])CC(=O)c1cc(Oc2ccc(NC(=O)Nc3ccc(Cl)c(C(F)(F)F)c3)cc2)ccn1. The van der Waals surface area contributed by atoms with Crippen molar-refractivity contribution in [2.24, 2.45) is 0 Å². The van der Waals surface area contributed by atoms with Crippen molar-refractivity contribution in [2.45, 2.75) is 19.4 Å². The Hall–Kier alpha value is -3.59. The van der Waals surface area contributed by atoms with Crippen molar-refractivity contribution >= 4 is 34.8 Å². The quantitative estimate of drug-likeness (QED) is 0.392. The number of nitrogens with one attached hydrogen (secondary N) is 2. The van der Waals surface area contributed by atoms with Crippen molar-refractivity contribution < 1.29 is 31.6 Å². The van der Waals surface area contributed by atoms with E-state index in [1.54, 1.807) is 0 Å². The molecule has 166 valence electrons. The Labute approximate surface area is 190 Å². The van der Waals surface area contributed by atoms with Gasteiger partial charge in [-0.1, -0.05) is 18.5 Å². The number of benzene rings is 2. The van der Waals surface area contributed by atoms with E-state index in [1.165, 1.54) is 48.7 Å². The molecule has 3 aromatic rings. The van der Waals surface area contributed by atoms with Crippen molar-refractivity contribution in [1.82, 2.24) is 4.98 Å². The van der Waals surface area contributed by atoms with Gasteiger partial charge in [-0.15, -0.1) is 0 Å². The van der Waals surface area contributed by atoms with E-state index in [-0.39, 0.29) is 17.1 Å². The standard InChI is InChI=1S/C22H17ClF3N3O3/c1-2-20(30)19-12-16(9-10-27-19)32-15-6-3-13(4-7-15)28-21(31)29-14-5-8-18(23)17(11-14)22(24,25)26/h3-12H,2H2,1H3,(H2,28,29,31)/i1D3. The van der Waals surface area contributed by atoms with Crippen LogP contribution in [0.4, 0.5) is 29.3 Å². The molecule has 1 aromatic heterocycles. The Morgan fingerprint density at radius 3 is 2.41 bits per heavy atom. The van der Waals surface area contributed by atoms with Gasteiger partial charge >= 0.3 is 12.2 Å². The zero-order valence-electron chi connectivity index (χ0n) is 19.2. The summed E-state index contributed by atoms with van der Waals surface area (Å²) in [7, 11) is 0.